The van der Waals surface area contributed by atoms with Crippen molar-refractivity contribution in [2.75, 3.05) is 0 Å². The van der Waals surface area contributed by atoms with Gasteiger partial charge in [-0.1, -0.05) is 0 Å². The summed E-state index contributed by atoms with van der Waals surface area (Å²) in [7, 11) is 8.10. The van der Waals surface area contributed by atoms with Gasteiger partial charge in [-0.2, -0.15) is 0 Å². The van der Waals surface area contributed by atoms with Gasteiger partial charge in [-0.05, 0) is 0 Å². The summed E-state index contributed by atoms with van der Waals surface area (Å²) in [6, 6.07) is 0. The van der Waals surface area contributed by atoms with Gasteiger partial charge >= 0.3 is 72.7 Å². The molecule has 0 aromatic heterocycles. The summed E-state index contributed by atoms with van der Waals surface area (Å²) in [5, 5.41) is 0. The average Bonchev–Trinajstić information content (AvgIpc) is 1.31. The number of halogens is 1. The molecule has 0 radical (unpaired) electrons. The average molecular weight is 322 g/mol. The van der Waals surface area contributed by atoms with E-state index in [-0.39, 0.29) is 0 Å². The summed E-state index contributed by atoms with van der Waals surface area (Å²) in [5.41, 5.74) is 0. The molecule has 0 aromatic rings. The van der Waals surface area contributed by atoms with E-state index in [9.17, 15) is 0 Å². The molecule has 0 bridgehead atoms. The summed E-state index contributed by atoms with van der Waals surface area (Å²) < 4.78 is -1.49. The minimum atomic E-state index is -1.54. The topological polar surface area (TPSA) is 0 Å². The van der Waals surface area contributed by atoms with Gasteiger partial charge in [-0.25, -0.2) is 0 Å². The Morgan fingerprint density at radius 1 is 1.29 bits per heavy atom. The van der Waals surface area contributed by atoms with Crippen LogP contribution in [-0.4, -0.2) is 0 Å². The second-order valence-electron chi connectivity index (χ2n) is 0.626. The monoisotopic (exact) mass is 322 g/mol. The van der Waals surface area contributed by atoms with Crippen LogP contribution in [0.2, 0.25) is 0 Å². The van der Waals surface area contributed by atoms with Crippen LogP contribution in [0.5, 0.6) is 0 Å². The predicted molar refractivity (Wildman–Crippen MR) is 63.1 cm³/mol. The zero-order chi connectivity index (χ0) is 6.08. The molecule has 0 heterocycles. The van der Waals surface area contributed by atoms with Crippen LogP contribution in [0.1, 0.15) is 0 Å². The van der Waals surface area contributed by atoms with E-state index >= 15 is 0 Å². The maximum atomic E-state index is 4.79. The molecular formula is H3IS6. The van der Waals surface area contributed by atoms with Crippen molar-refractivity contribution in [2.45, 2.75) is 0 Å². The van der Waals surface area contributed by atoms with Gasteiger partial charge in [0, 0.05) is 0 Å². The van der Waals surface area contributed by atoms with Crippen LogP contribution < -0.4 is 0 Å². The molecule has 0 aliphatic heterocycles. The molecule has 0 amide bonds. The molecular weight excluding hydrogens is 319 g/mol. The molecule has 7 heteroatoms. The van der Waals surface area contributed by atoms with E-state index in [0.29, 0.717) is 0 Å². The van der Waals surface area contributed by atoms with Crippen molar-refractivity contribution < 1.29 is 0 Å². The van der Waals surface area contributed by atoms with Gasteiger partial charge in [0.15, 0.2) is 0 Å². The van der Waals surface area contributed by atoms with E-state index in [1.165, 1.54) is 0 Å². The van der Waals surface area contributed by atoms with Gasteiger partial charge in [-0.15, -0.1) is 0 Å². The molecule has 46 valence electrons. The van der Waals surface area contributed by atoms with Crippen LogP contribution >= 0.6 is 46.9 Å². The number of hydrogen-bond acceptors (Lipinski definition) is 4. The summed E-state index contributed by atoms with van der Waals surface area (Å²) >= 11 is 12.0. The van der Waals surface area contributed by atoms with Crippen molar-refractivity contribution in [3.05, 3.63) is 0 Å². The first-order valence-electron chi connectivity index (χ1n) is 1.01. The Kier molecular flexibility index (Phi) is 5.02. The third-order valence-electron chi connectivity index (χ3n) is 0.174. The Hall–Kier alpha value is 2.57. The van der Waals surface area contributed by atoms with Crippen LogP contribution in [0.15, 0.2) is 0 Å². The van der Waals surface area contributed by atoms with Gasteiger partial charge in [0.05, 0.1) is 0 Å². The van der Waals surface area contributed by atoms with Gasteiger partial charge in [0.1, 0.15) is 0 Å². The van der Waals surface area contributed by atoms with Crippen molar-refractivity contribution in [3.8, 4) is 0 Å². The van der Waals surface area contributed by atoms with Crippen LogP contribution in [0.25, 0.3) is 0 Å². The van der Waals surface area contributed by atoms with Crippen molar-refractivity contribution in [2.24, 2.45) is 0 Å². The summed E-state index contributed by atoms with van der Waals surface area (Å²) in [5.74, 6) is 0. The van der Waals surface area contributed by atoms with Gasteiger partial charge in [0.2, 0.25) is 0 Å². The SMILES string of the molecule is S=S(=S)(S)I(S)S. The zero-order valence-electron chi connectivity index (χ0n) is 2.94. The second kappa shape index (κ2) is 3.67. The number of thiol groups is 3. The molecule has 0 saturated heterocycles. The Morgan fingerprint density at radius 2 is 1.43 bits per heavy atom. The molecule has 0 spiro atoms. The van der Waals surface area contributed by atoms with E-state index in [1.807, 2.05) is 0 Å². The standard InChI is InChI=1S/H3IS6/c2-1(3)7(4,5)6/h2-3H,(H,4,5,6). The first kappa shape index (κ1) is 9.57. The molecule has 0 rings (SSSR count). The fourth-order valence-electron chi connectivity index (χ4n) is 0. The molecule has 0 fully saturated rings. The number of rotatable bonds is 1. The van der Waals surface area contributed by atoms with E-state index in [0.717, 1.165) is 0 Å². The normalized spacial score (nSPS) is 13.9. The predicted octanol–water partition coefficient (Wildman–Crippen LogP) is 2.02. The molecule has 0 saturated carbocycles. The van der Waals surface area contributed by atoms with Gasteiger partial charge in [0.25, 0.3) is 0 Å². The Morgan fingerprint density at radius 3 is 1.43 bits per heavy atom. The first-order valence-corrected chi connectivity index (χ1v) is 14.6. The fourth-order valence-corrected chi connectivity index (χ4v) is 0. The van der Waals surface area contributed by atoms with Crippen LogP contribution in [0.4, 0.5) is 0 Å². The Labute approximate surface area is 71.4 Å². The third-order valence-corrected chi connectivity index (χ3v) is 31.6. The molecule has 0 atom stereocenters. The van der Waals surface area contributed by atoms with Gasteiger partial charge in [-0.3, -0.25) is 0 Å². The van der Waals surface area contributed by atoms with Gasteiger partial charge < -0.3 is 0 Å². The van der Waals surface area contributed by atoms with Crippen LogP contribution in [0, 0.1) is 0 Å². The first-order chi connectivity index (χ1) is 2.94. The molecule has 7 heavy (non-hydrogen) atoms. The second-order valence-corrected chi connectivity index (χ2v) is 30.5. The minimum absolute atomic E-state index is 1.49. The summed E-state index contributed by atoms with van der Waals surface area (Å²) in [6.07, 6.45) is 0. The fraction of sp³-hybridized carbons (Fsp3) is 0. The maximum absolute atomic E-state index is 4.79. The van der Waals surface area contributed by atoms with Crippen molar-refractivity contribution >= 4 is 72.7 Å². The van der Waals surface area contributed by atoms with Crippen molar-refractivity contribution in [3.63, 3.8) is 0 Å². The summed E-state index contributed by atoms with van der Waals surface area (Å²) in [4.78, 5) is 0. The molecule has 0 nitrogen and oxygen atoms in total. The Balaban J connectivity index is 4.10. The van der Waals surface area contributed by atoms with Crippen LogP contribution in [-0.2, 0) is 25.7 Å². The molecule has 0 unspecified atom stereocenters. The van der Waals surface area contributed by atoms with E-state index in [4.69, 9.17) is 22.4 Å². The quantitative estimate of drug-likeness (QED) is 0.292. The van der Waals surface area contributed by atoms with Crippen molar-refractivity contribution in [1.82, 2.24) is 0 Å². The summed E-state index contributed by atoms with van der Waals surface area (Å²) in [6.45, 7) is 0. The van der Waals surface area contributed by atoms with E-state index in [2.05, 4.69) is 31.3 Å². The van der Waals surface area contributed by atoms with Crippen molar-refractivity contribution in [1.29, 1.82) is 0 Å². The molecule has 0 aromatic carbocycles. The molecule has 0 aliphatic rings. The third kappa shape index (κ3) is 5.04. The van der Waals surface area contributed by atoms with E-state index in [1.54, 1.807) is 0 Å². The molecule has 0 N–H and O–H groups in total. The van der Waals surface area contributed by atoms with E-state index < -0.39 is 19.0 Å². The zero-order valence-corrected chi connectivity index (χ0v) is 10.2. The number of hydrogen-bond donors (Lipinski definition) is 3. The Bertz CT molecular complexity index is 126. The molecule has 0 aliphatic carbocycles. The van der Waals surface area contributed by atoms with Crippen LogP contribution in [0.3, 0.4) is 0 Å².